The second-order valence-electron chi connectivity index (χ2n) is 5.68. The number of furan rings is 1. The summed E-state index contributed by atoms with van der Waals surface area (Å²) in [7, 11) is 0. The molecule has 0 saturated heterocycles. The lowest BCUT2D eigenvalue weighted by atomic mass is 10.2. The number of hydrazine groups is 1. The predicted octanol–water partition coefficient (Wildman–Crippen LogP) is 3.16. The molecule has 0 saturated carbocycles. The Morgan fingerprint density at radius 1 is 1.00 bits per heavy atom. The zero-order chi connectivity index (χ0) is 19.1. The Labute approximate surface area is 152 Å². The first-order valence-electron chi connectivity index (χ1n) is 8.53. The molecule has 2 N–H and O–H groups in total. The van der Waals surface area contributed by atoms with Crippen molar-refractivity contribution in [1.29, 1.82) is 0 Å². The summed E-state index contributed by atoms with van der Waals surface area (Å²) < 4.78 is 16.5. The van der Waals surface area contributed by atoms with Crippen LogP contribution in [0.2, 0.25) is 0 Å². The number of ether oxygens (including phenoxy) is 2. The van der Waals surface area contributed by atoms with Gasteiger partial charge in [0.25, 0.3) is 11.8 Å². The normalized spacial score (nSPS) is 10.3. The number of carbonyl (C=O) groups is 2. The van der Waals surface area contributed by atoms with E-state index >= 15 is 0 Å². The van der Waals surface area contributed by atoms with Crippen LogP contribution in [0.25, 0.3) is 0 Å². The topological polar surface area (TPSA) is 89.8 Å². The molecule has 1 aromatic heterocycles. The highest BCUT2D eigenvalue weighted by molar-refractivity contribution is 5.99. The molecule has 7 heteroatoms. The molecule has 1 aromatic carbocycles. The fourth-order valence-electron chi connectivity index (χ4n) is 2.36. The van der Waals surface area contributed by atoms with Crippen molar-refractivity contribution in [1.82, 2.24) is 10.9 Å². The zero-order valence-electron chi connectivity index (χ0n) is 15.5. The van der Waals surface area contributed by atoms with Gasteiger partial charge in [-0.25, -0.2) is 0 Å². The van der Waals surface area contributed by atoms with Gasteiger partial charge in [0, 0.05) is 5.56 Å². The van der Waals surface area contributed by atoms with Crippen LogP contribution >= 0.6 is 0 Å². The van der Waals surface area contributed by atoms with E-state index in [-0.39, 0.29) is 0 Å². The Morgan fingerprint density at radius 2 is 1.73 bits per heavy atom. The Morgan fingerprint density at radius 3 is 2.35 bits per heavy atom. The van der Waals surface area contributed by atoms with Crippen molar-refractivity contribution < 1.29 is 23.5 Å². The van der Waals surface area contributed by atoms with Crippen molar-refractivity contribution in [3.05, 3.63) is 46.9 Å². The number of rotatable bonds is 7. The molecule has 1 heterocycles. The van der Waals surface area contributed by atoms with E-state index in [0.29, 0.717) is 47.4 Å². The smallest absolute Gasteiger partial charge is 0.273 e. The van der Waals surface area contributed by atoms with Crippen LogP contribution in [0.15, 0.2) is 28.7 Å². The van der Waals surface area contributed by atoms with Crippen molar-refractivity contribution in [3.63, 3.8) is 0 Å². The fourth-order valence-corrected chi connectivity index (χ4v) is 2.36. The quantitative estimate of drug-likeness (QED) is 0.740. The van der Waals surface area contributed by atoms with Gasteiger partial charge < -0.3 is 13.9 Å². The molecule has 2 amide bonds. The second-order valence-corrected chi connectivity index (χ2v) is 5.68. The first kappa shape index (κ1) is 19.4. The van der Waals surface area contributed by atoms with Gasteiger partial charge in [-0.3, -0.25) is 20.4 Å². The maximum atomic E-state index is 12.3. The first-order chi connectivity index (χ1) is 12.5. The number of hydrogen-bond donors (Lipinski definition) is 2. The standard InChI is InChI=1S/C19H24N2O5/c1-5-9-25-16-8-7-14(11-17(16)24-6-2)18(22)20-21-19(23)15-10-12(3)26-13(15)4/h7-8,10-11H,5-6,9H2,1-4H3,(H,20,22)(H,21,23). The van der Waals surface area contributed by atoms with Crippen LogP contribution in [0.5, 0.6) is 11.5 Å². The Hall–Kier alpha value is -2.96. The third kappa shape index (κ3) is 4.78. The number of nitrogens with one attached hydrogen (secondary N) is 2. The van der Waals surface area contributed by atoms with Gasteiger partial charge in [-0.1, -0.05) is 6.92 Å². The summed E-state index contributed by atoms with van der Waals surface area (Å²) in [6, 6.07) is 6.50. The molecule has 0 atom stereocenters. The third-order valence-corrected chi connectivity index (χ3v) is 3.54. The zero-order valence-corrected chi connectivity index (χ0v) is 15.5. The number of carbonyl (C=O) groups excluding carboxylic acids is 2. The van der Waals surface area contributed by atoms with E-state index in [1.807, 2.05) is 13.8 Å². The van der Waals surface area contributed by atoms with Gasteiger partial charge >= 0.3 is 0 Å². The molecule has 140 valence electrons. The van der Waals surface area contributed by atoms with Crippen molar-refractivity contribution in [2.75, 3.05) is 13.2 Å². The minimum atomic E-state index is -0.459. The number of amides is 2. The predicted molar refractivity (Wildman–Crippen MR) is 96.5 cm³/mol. The molecular weight excluding hydrogens is 336 g/mol. The Kier molecular flexibility index (Phi) is 6.66. The molecule has 0 aliphatic heterocycles. The summed E-state index contributed by atoms with van der Waals surface area (Å²) in [5.74, 6) is 1.29. The van der Waals surface area contributed by atoms with E-state index in [2.05, 4.69) is 10.9 Å². The maximum Gasteiger partial charge on any atom is 0.273 e. The van der Waals surface area contributed by atoms with Gasteiger partial charge in [0.15, 0.2) is 11.5 Å². The molecule has 0 fully saturated rings. The molecule has 0 spiro atoms. The summed E-state index contributed by atoms with van der Waals surface area (Å²) >= 11 is 0. The Balaban J connectivity index is 2.05. The van der Waals surface area contributed by atoms with Crippen LogP contribution < -0.4 is 20.3 Å². The van der Waals surface area contributed by atoms with Gasteiger partial charge in [0.2, 0.25) is 0 Å². The van der Waals surface area contributed by atoms with Crippen molar-refractivity contribution in [3.8, 4) is 11.5 Å². The van der Waals surface area contributed by atoms with E-state index in [9.17, 15) is 9.59 Å². The highest BCUT2D eigenvalue weighted by Crippen LogP contribution is 2.28. The third-order valence-electron chi connectivity index (χ3n) is 3.54. The number of aryl methyl sites for hydroxylation is 2. The van der Waals surface area contributed by atoms with Gasteiger partial charge in [-0.2, -0.15) is 0 Å². The lowest BCUT2D eigenvalue weighted by Gasteiger charge is -2.13. The van der Waals surface area contributed by atoms with E-state index < -0.39 is 11.8 Å². The minimum Gasteiger partial charge on any atom is -0.490 e. The average Bonchev–Trinajstić information content (AvgIpc) is 2.96. The molecule has 2 rings (SSSR count). The van der Waals surface area contributed by atoms with Gasteiger partial charge in [-0.15, -0.1) is 0 Å². The first-order valence-corrected chi connectivity index (χ1v) is 8.53. The van der Waals surface area contributed by atoms with E-state index in [4.69, 9.17) is 13.9 Å². The van der Waals surface area contributed by atoms with E-state index in [0.717, 1.165) is 6.42 Å². The summed E-state index contributed by atoms with van der Waals surface area (Å²) in [6.45, 7) is 8.31. The van der Waals surface area contributed by atoms with Crippen LogP contribution in [-0.4, -0.2) is 25.0 Å². The molecule has 0 aliphatic rings. The lowest BCUT2D eigenvalue weighted by Crippen LogP contribution is -2.41. The monoisotopic (exact) mass is 360 g/mol. The van der Waals surface area contributed by atoms with Gasteiger partial charge in [-0.05, 0) is 51.5 Å². The fraction of sp³-hybridized carbons (Fsp3) is 0.368. The highest BCUT2D eigenvalue weighted by Gasteiger charge is 2.16. The van der Waals surface area contributed by atoms with Crippen molar-refractivity contribution in [2.24, 2.45) is 0 Å². The largest absolute Gasteiger partial charge is 0.490 e. The molecule has 0 radical (unpaired) electrons. The molecule has 0 unspecified atom stereocenters. The van der Waals surface area contributed by atoms with Gasteiger partial charge in [0.05, 0.1) is 18.8 Å². The summed E-state index contributed by atoms with van der Waals surface area (Å²) in [6.07, 6.45) is 0.868. The highest BCUT2D eigenvalue weighted by atomic mass is 16.5. The molecule has 0 aliphatic carbocycles. The van der Waals surface area contributed by atoms with Crippen LogP contribution in [0.4, 0.5) is 0 Å². The van der Waals surface area contributed by atoms with Gasteiger partial charge in [0.1, 0.15) is 11.5 Å². The van der Waals surface area contributed by atoms with E-state index in [1.165, 1.54) is 0 Å². The average molecular weight is 360 g/mol. The molecule has 26 heavy (non-hydrogen) atoms. The van der Waals surface area contributed by atoms with E-state index in [1.54, 1.807) is 38.1 Å². The molecule has 0 bridgehead atoms. The van der Waals surface area contributed by atoms with Crippen molar-refractivity contribution >= 4 is 11.8 Å². The summed E-state index contributed by atoms with van der Waals surface area (Å²) in [4.78, 5) is 24.4. The van der Waals surface area contributed by atoms with Crippen LogP contribution in [0.3, 0.4) is 0 Å². The van der Waals surface area contributed by atoms with Crippen LogP contribution in [0, 0.1) is 13.8 Å². The molecule has 2 aromatic rings. The Bertz CT molecular complexity index is 782. The SMILES string of the molecule is CCCOc1ccc(C(=O)NNC(=O)c2cc(C)oc2C)cc1OCC. The second kappa shape index (κ2) is 8.94. The number of benzene rings is 1. The molecular formula is C19H24N2O5. The lowest BCUT2D eigenvalue weighted by molar-refractivity contribution is 0.0845. The summed E-state index contributed by atoms with van der Waals surface area (Å²) in [5.41, 5.74) is 5.49. The maximum absolute atomic E-state index is 12.3. The van der Waals surface area contributed by atoms with Crippen LogP contribution in [-0.2, 0) is 0 Å². The summed E-state index contributed by atoms with van der Waals surface area (Å²) in [5, 5.41) is 0. The minimum absolute atomic E-state index is 0.345. The number of hydrogen-bond acceptors (Lipinski definition) is 5. The van der Waals surface area contributed by atoms with Crippen LogP contribution in [0.1, 0.15) is 52.5 Å². The van der Waals surface area contributed by atoms with Crippen molar-refractivity contribution in [2.45, 2.75) is 34.1 Å². The molecule has 7 nitrogen and oxygen atoms in total.